The highest BCUT2D eigenvalue weighted by atomic mass is 35.5. The van der Waals surface area contributed by atoms with E-state index in [1.807, 2.05) is 29.6 Å². The monoisotopic (exact) mass is 363 g/mol. The number of H-pyrrole nitrogens is 1. The Kier molecular flexibility index (Phi) is 4.70. The number of nitrogens with zero attached hydrogens (tertiary/aromatic N) is 4. The van der Waals surface area contributed by atoms with Crippen molar-refractivity contribution in [2.75, 3.05) is 0 Å². The number of halogens is 1. The van der Waals surface area contributed by atoms with Crippen LogP contribution in [-0.4, -0.2) is 26.1 Å². The molecule has 2 aromatic heterocycles. The molecule has 0 unspecified atom stereocenters. The first-order valence-corrected chi connectivity index (χ1v) is 8.65. The molecule has 0 aliphatic heterocycles. The maximum Gasteiger partial charge on any atom is 0.216 e. The first-order valence-electron chi connectivity index (χ1n) is 6.98. The molecule has 8 heteroatoms. The minimum Gasteiger partial charge on any atom is -0.250 e. The van der Waals surface area contributed by atoms with Crippen molar-refractivity contribution in [3.63, 3.8) is 0 Å². The third-order valence-electron chi connectivity index (χ3n) is 3.17. The topological polar surface area (TPSA) is 58.9 Å². The molecule has 1 aromatic carbocycles. The summed E-state index contributed by atoms with van der Waals surface area (Å²) in [5.41, 5.74) is 1.84. The van der Waals surface area contributed by atoms with Gasteiger partial charge in [-0.2, -0.15) is 9.78 Å². The van der Waals surface area contributed by atoms with Crippen LogP contribution >= 0.6 is 35.2 Å². The van der Waals surface area contributed by atoms with Gasteiger partial charge in [0.05, 0.1) is 11.9 Å². The SMILES string of the molecule is CC(C)c1csc(-c2n[nH]c(=S)n2/N=C/c2ccccc2Cl)n1. The smallest absolute Gasteiger partial charge is 0.216 e. The fourth-order valence-corrected chi connectivity index (χ4v) is 3.21. The van der Waals surface area contributed by atoms with Crippen molar-refractivity contribution < 1.29 is 0 Å². The first kappa shape index (κ1) is 16.0. The molecule has 5 nitrogen and oxygen atoms in total. The van der Waals surface area contributed by atoms with Crippen LogP contribution in [0.2, 0.25) is 5.02 Å². The Balaban J connectivity index is 1.99. The fourth-order valence-electron chi connectivity index (χ4n) is 1.89. The van der Waals surface area contributed by atoms with Crippen LogP contribution in [0.4, 0.5) is 0 Å². The summed E-state index contributed by atoms with van der Waals surface area (Å²) in [6, 6.07) is 7.47. The molecule has 0 fully saturated rings. The molecule has 0 amide bonds. The van der Waals surface area contributed by atoms with E-state index in [-0.39, 0.29) is 0 Å². The van der Waals surface area contributed by atoms with E-state index >= 15 is 0 Å². The van der Waals surface area contributed by atoms with Crippen LogP contribution in [0.3, 0.4) is 0 Å². The average Bonchev–Trinajstić information content (AvgIpc) is 3.13. The minimum absolute atomic E-state index is 0.363. The van der Waals surface area contributed by atoms with Crippen LogP contribution in [0.25, 0.3) is 10.8 Å². The van der Waals surface area contributed by atoms with Gasteiger partial charge < -0.3 is 0 Å². The van der Waals surface area contributed by atoms with Crippen LogP contribution < -0.4 is 0 Å². The van der Waals surface area contributed by atoms with Gasteiger partial charge in [-0.3, -0.25) is 0 Å². The molecule has 0 atom stereocenters. The van der Waals surface area contributed by atoms with Crippen LogP contribution in [0.5, 0.6) is 0 Å². The summed E-state index contributed by atoms with van der Waals surface area (Å²) in [7, 11) is 0. The molecule has 3 aromatic rings. The van der Waals surface area contributed by atoms with E-state index in [9.17, 15) is 0 Å². The van der Waals surface area contributed by atoms with Gasteiger partial charge in [-0.25, -0.2) is 10.1 Å². The number of hydrogen-bond acceptors (Lipinski definition) is 5. The number of aromatic nitrogens is 4. The van der Waals surface area contributed by atoms with Gasteiger partial charge in [0.2, 0.25) is 10.6 Å². The lowest BCUT2D eigenvalue weighted by atomic mass is 10.2. The van der Waals surface area contributed by atoms with Gasteiger partial charge in [-0.1, -0.05) is 43.6 Å². The zero-order valence-corrected chi connectivity index (χ0v) is 14.9. The predicted octanol–water partition coefficient (Wildman–Crippen LogP) is 4.72. The van der Waals surface area contributed by atoms with Crippen LogP contribution in [0.15, 0.2) is 34.7 Å². The van der Waals surface area contributed by atoms with Gasteiger partial charge in [-0.15, -0.1) is 16.4 Å². The Hall–Kier alpha value is -1.83. The Morgan fingerprint density at radius 3 is 2.87 bits per heavy atom. The standard InChI is InChI=1S/C15H14ClN5S2/c1-9(2)12-8-23-14(18-12)13-19-20-15(22)21(13)17-7-10-5-3-4-6-11(10)16/h3-9H,1-2H3,(H,20,22)/b17-7+. The van der Waals surface area contributed by atoms with Crippen molar-refractivity contribution in [3.05, 3.63) is 50.7 Å². The molecular formula is C15H14ClN5S2. The molecular weight excluding hydrogens is 350 g/mol. The second-order valence-corrected chi connectivity index (χ2v) is 6.81. The normalized spacial score (nSPS) is 11.7. The molecule has 0 spiro atoms. The van der Waals surface area contributed by atoms with E-state index in [2.05, 4.69) is 34.1 Å². The first-order chi connectivity index (χ1) is 11.1. The average molecular weight is 364 g/mol. The predicted molar refractivity (Wildman–Crippen MR) is 97.1 cm³/mol. The summed E-state index contributed by atoms with van der Waals surface area (Å²) in [4.78, 5) is 4.60. The van der Waals surface area contributed by atoms with Gasteiger partial charge in [0.25, 0.3) is 0 Å². The summed E-state index contributed by atoms with van der Waals surface area (Å²) >= 11 is 12.9. The number of benzene rings is 1. The van der Waals surface area contributed by atoms with Gasteiger partial charge >= 0.3 is 0 Å². The minimum atomic E-state index is 0.363. The summed E-state index contributed by atoms with van der Waals surface area (Å²) in [5, 5.41) is 14.8. The summed E-state index contributed by atoms with van der Waals surface area (Å²) in [6.07, 6.45) is 1.66. The highest BCUT2D eigenvalue weighted by Gasteiger charge is 2.14. The van der Waals surface area contributed by atoms with Crippen molar-refractivity contribution in [1.29, 1.82) is 0 Å². The van der Waals surface area contributed by atoms with E-state index in [1.54, 1.807) is 10.9 Å². The van der Waals surface area contributed by atoms with Crippen molar-refractivity contribution in [1.82, 2.24) is 19.9 Å². The maximum atomic E-state index is 6.14. The summed E-state index contributed by atoms with van der Waals surface area (Å²) < 4.78 is 1.96. The molecule has 0 bridgehead atoms. The number of thiazole rings is 1. The Morgan fingerprint density at radius 1 is 1.39 bits per heavy atom. The second-order valence-electron chi connectivity index (χ2n) is 5.16. The second kappa shape index (κ2) is 6.74. The Bertz CT molecular complexity index is 906. The van der Waals surface area contributed by atoms with Crippen LogP contribution in [0, 0.1) is 4.77 Å². The van der Waals surface area contributed by atoms with Crippen LogP contribution in [0.1, 0.15) is 31.0 Å². The lowest BCUT2D eigenvalue weighted by molar-refractivity contribution is 0.828. The van der Waals surface area contributed by atoms with Gasteiger partial charge in [0.1, 0.15) is 0 Å². The van der Waals surface area contributed by atoms with Crippen molar-refractivity contribution in [2.45, 2.75) is 19.8 Å². The van der Waals surface area contributed by atoms with E-state index in [4.69, 9.17) is 23.8 Å². The molecule has 23 heavy (non-hydrogen) atoms. The largest absolute Gasteiger partial charge is 0.250 e. The highest BCUT2D eigenvalue weighted by Crippen LogP contribution is 2.25. The van der Waals surface area contributed by atoms with Crippen molar-refractivity contribution >= 4 is 41.4 Å². The number of hydrogen-bond donors (Lipinski definition) is 1. The number of aromatic amines is 1. The molecule has 0 aliphatic carbocycles. The lowest BCUT2D eigenvalue weighted by Gasteiger charge is -1.99. The molecule has 0 saturated heterocycles. The fraction of sp³-hybridized carbons (Fsp3) is 0.200. The summed E-state index contributed by atoms with van der Waals surface area (Å²) in [6.45, 7) is 4.21. The van der Waals surface area contributed by atoms with Gasteiger partial charge in [0, 0.05) is 16.0 Å². The third kappa shape index (κ3) is 3.41. The Morgan fingerprint density at radius 2 is 2.17 bits per heavy atom. The van der Waals surface area contributed by atoms with Gasteiger partial charge in [0.15, 0.2) is 5.01 Å². The maximum absolute atomic E-state index is 6.14. The molecule has 0 aliphatic rings. The quantitative estimate of drug-likeness (QED) is 0.538. The molecule has 0 radical (unpaired) electrons. The molecule has 0 saturated carbocycles. The number of nitrogens with one attached hydrogen (secondary N) is 1. The van der Waals surface area contributed by atoms with Gasteiger partial charge in [-0.05, 0) is 24.2 Å². The van der Waals surface area contributed by atoms with E-state index < -0.39 is 0 Å². The molecule has 1 N–H and O–H groups in total. The summed E-state index contributed by atoms with van der Waals surface area (Å²) in [5.74, 6) is 0.956. The Labute approximate surface area is 147 Å². The third-order valence-corrected chi connectivity index (χ3v) is 4.64. The molecule has 118 valence electrons. The van der Waals surface area contributed by atoms with Crippen molar-refractivity contribution in [2.24, 2.45) is 5.10 Å². The zero-order chi connectivity index (χ0) is 16.4. The van der Waals surface area contributed by atoms with E-state index in [0.29, 0.717) is 21.5 Å². The van der Waals surface area contributed by atoms with Crippen molar-refractivity contribution in [3.8, 4) is 10.8 Å². The van der Waals surface area contributed by atoms with E-state index in [1.165, 1.54) is 11.3 Å². The molecule has 3 rings (SSSR count). The highest BCUT2D eigenvalue weighted by molar-refractivity contribution is 7.71. The number of rotatable bonds is 4. The lowest BCUT2D eigenvalue weighted by Crippen LogP contribution is -1.96. The van der Waals surface area contributed by atoms with E-state index in [0.717, 1.165) is 16.3 Å². The van der Waals surface area contributed by atoms with Crippen LogP contribution in [-0.2, 0) is 0 Å². The zero-order valence-electron chi connectivity index (χ0n) is 12.5. The molecule has 2 heterocycles.